The molecular weight excluding hydrogens is 308 g/mol. The first kappa shape index (κ1) is 14.0. The summed E-state index contributed by atoms with van der Waals surface area (Å²) in [6.45, 7) is 0.437. The average Bonchev–Trinajstić information content (AvgIpc) is 3.33. The lowest BCUT2D eigenvalue weighted by atomic mass is 9.80. The van der Waals surface area contributed by atoms with E-state index in [1.807, 2.05) is 18.7 Å². The fourth-order valence-corrected chi connectivity index (χ4v) is 4.26. The number of methoxy groups -OCH3 is 1. The van der Waals surface area contributed by atoms with E-state index in [-0.39, 0.29) is 6.17 Å². The smallest absolute Gasteiger partial charge is 0.252 e. The van der Waals surface area contributed by atoms with Gasteiger partial charge in [0.05, 0.1) is 25.3 Å². The highest BCUT2D eigenvalue weighted by atomic mass is 16.5. The first-order valence-electron chi connectivity index (χ1n) is 8.41. The number of rotatable bonds is 2. The molecule has 4 heterocycles. The van der Waals surface area contributed by atoms with Gasteiger partial charge in [-0.1, -0.05) is 18.1 Å². The van der Waals surface area contributed by atoms with E-state index in [1.54, 1.807) is 11.8 Å². The van der Waals surface area contributed by atoms with Gasteiger partial charge in [-0.15, -0.1) is 10.2 Å². The van der Waals surface area contributed by atoms with Gasteiger partial charge in [-0.3, -0.25) is 10.3 Å². The van der Waals surface area contributed by atoms with Gasteiger partial charge in [-0.2, -0.15) is 4.68 Å². The molecule has 1 saturated carbocycles. The van der Waals surface area contributed by atoms with E-state index in [0.717, 1.165) is 17.5 Å². The number of ether oxygens (including phenoxy) is 1. The molecule has 3 atom stereocenters. The molecule has 0 spiro atoms. The number of nitrogens with zero attached hydrogens (tertiary/aromatic N) is 7. The molecule has 1 aliphatic carbocycles. The summed E-state index contributed by atoms with van der Waals surface area (Å²) in [7, 11) is 1.65. The summed E-state index contributed by atoms with van der Waals surface area (Å²) in [5, 5.41) is 12.9. The number of anilines is 1. The fraction of sp³-hybridized carbons (Fsp3) is 0.600. The van der Waals surface area contributed by atoms with Crippen molar-refractivity contribution in [1.82, 2.24) is 30.0 Å². The summed E-state index contributed by atoms with van der Waals surface area (Å²) >= 11 is 0. The second-order valence-corrected chi connectivity index (χ2v) is 6.62. The molecule has 0 amide bonds. The monoisotopic (exact) mass is 328 g/mol. The molecule has 3 aliphatic rings. The molecule has 126 valence electrons. The van der Waals surface area contributed by atoms with Gasteiger partial charge in [0.2, 0.25) is 0 Å². The Morgan fingerprint density at radius 3 is 3.17 bits per heavy atom. The topological polar surface area (TPSA) is 85.4 Å². The zero-order chi connectivity index (χ0) is 16.1. The second-order valence-electron chi connectivity index (χ2n) is 6.62. The highest BCUT2D eigenvalue weighted by Crippen LogP contribution is 2.44. The van der Waals surface area contributed by atoms with Crippen molar-refractivity contribution in [3.05, 3.63) is 24.4 Å². The van der Waals surface area contributed by atoms with Crippen molar-refractivity contribution in [1.29, 1.82) is 0 Å². The van der Waals surface area contributed by atoms with Gasteiger partial charge < -0.3 is 9.30 Å². The van der Waals surface area contributed by atoms with Crippen LogP contribution in [0.4, 0.5) is 5.82 Å². The van der Waals surface area contributed by atoms with Crippen LogP contribution in [0, 0.1) is 5.92 Å². The SMILES string of the molecule is COCc1cn(C2=NNC3C4CCCCC4n4cncc4N23)nn1. The Kier molecular flexibility index (Phi) is 3.09. The third kappa shape index (κ3) is 1.90. The van der Waals surface area contributed by atoms with Gasteiger partial charge in [-0.05, 0) is 12.8 Å². The number of hydrazone groups is 1. The van der Waals surface area contributed by atoms with Gasteiger partial charge in [0.25, 0.3) is 5.96 Å². The van der Waals surface area contributed by atoms with Crippen LogP contribution in [0.1, 0.15) is 37.4 Å². The van der Waals surface area contributed by atoms with Crippen LogP contribution < -0.4 is 10.3 Å². The Balaban J connectivity index is 1.54. The van der Waals surface area contributed by atoms with E-state index in [9.17, 15) is 0 Å². The molecule has 1 fully saturated rings. The maximum atomic E-state index is 5.13. The summed E-state index contributed by atoms with van der Waals surface area (Å²) in [5.74, 6) is 2.32. The predicted octanol–water partition coefficient (Wildman–Crippen LogP) is 0.921. The highest BCUT2D eigenvalue weighted by Gasteiger charge is 2.47. The van der Waals surface area contributed by atoms with Crippen molar-refractivity contribution in [3.8, 4) is 0 Å². The maximum Gasteiger partial charge on any atom is 0.252 e. The zero-order valence-electron chi connectivity index (χ0n) is 13.5. The molecule has 9 heteroatoms. The molecule has 0 aromatic carbocycles. The molecule has 2 aromatic rings. The quantitative estimate of drug-likeness (QED) is 0.882. The van der Waals surface area contributed by atoms with Crippen LogP contribution in [0.15, 0.2) is 23.8 Å². The first-order valence-corrected chi connectivity index (χ1v) is 8.41. The van der Waals surface area contributed by atoms with Crippen molar-refractivity contribution in [3.63, 3.8) is 0 Å². The van der Waals surface area contributed by atoms with Crippen LogP contribution in [0.2, 0.25) is 0 Å². The summed E-state index contributed by atoms with van der Waals surface area (Å²) in [5.41, 5.74) is 4.11. The first-order chi connectivity index (χ1) is 11.9. The van der Waals surface area contributed by atoms with Crippen molar-refractivity contribution >= 4 is 11.8 Å². The largest absolute Gasteiger partial charge is 0.378 e. The van der Waals surface area contributed by atoms with Crippen molar-refractivity contribution in [2.45, 2.75) is 44.5 Å². The molecule has 0 radical (unpaired) electrons. The average molecular weight is 328 g/mol. The third-order valence-corrected chi connectivity index (χ3v) is 5.27. The molecule has 24 heavy (non-hydrogen) atoms. The lowest BCUT2D eigenvalue weighted by Crippen LogP contribution is -2.54. The number of hydrogen-bond donors (Lipinski definition) is 1. The van der Waals surface area contributed by atoms with Crippen molar-refractivity contribution < 1.29 is 4.74 Å². The Bertz CT molecular complexity index is 780. The minimum absolute atomic E-state index is 0.157. The lowest BCUT2D eigenvalue weighted by molar-refractivity contribution is 0.175. The van der Waals surface area contributed by atoms with Crippen LogP contribution in [0.25, 0.3) is 0 Å². The molecule has 2 aromatic heterocycles. The van der Waals surface area contributed by atoms with E-state index in [2.05, 4.69) is 35.3 Å². The molecule has 0 bridgehead atoms. The number of fused-ring (bicyclic) bond motifs is 6. The van der Waals surface area contributed by atoms with Crippen molar-refractivity contribution in [2.75, 3.05) is 12.0 Å². The van der Waals surface area contributed by atoms with Crippen LogP contribution in [0.5, 0.6) is 0 Å². The number of aromatic nitrogens is 5. The lowest BCUT2D eigenvalue weighted by Gasteiger charge is -2.45. The van der Waals surface area contributed by atoms with Gasteiger partial charge >= 0.3 is 0 Å². The van der Waals surface area contributed by atoms with E-state index >= 15 is 0 Å². The van der Waals surface area contributed by atoms with Crippen LogP contribution in [0.3, 0.4) is 0 Å². The summed E-state index contributed by atoms with van der Waals surface area (Å²) in [6, 6.07) is 0.499. The minimum Gasteiger partial charge on any atom is -0.378 e. The molecule has 5 rings (SSSR count). The molecular formula is C15H20N8O. The summed E-state index contributed by atoms with van der Waals surface area (Å²) in [6.07, 6.45) is 10.8. The van der Waals surface area contributed by atoms with E-state index in [1.165, 1.54) is 25.7 Å². The summed E-state index contributed by atoms with van der Waals surface area (Å²) < 4.78 is 9.14. The normalized spacial score (nSPS) is 28.0. The number of imidazole rings is 1. The van der Waals surface area contributed by atoms with Gasteiger partial charge in [0.15, 0.2) is 0 Å². The number of nitrogens with one attached hydrogen (secondary N) is 1. The van der Waals surface area contributed by atoms with E-state index in [0.29, 0.717) is 18.6 Å². The standard InChI is InChI=1S/C15H20N8O/c1-24-8-10-7-22(20-17-10)15-19-18-14-11-4-2-3-5-12(11)21-9-16-6-13(21)23(14)15/h6-7,9,11-12,14,18H,2-5,8H2,1H3. The molecule has 3 unspecified atom stereocenters. The van der Waals surface area contributed by atoms with Gasteiger partial charge in [0.1, 0.15) is 17.7 Å². The Morgan fingerprint density at radius 2 is 2.25 bits per heavy atom. The summed E-state index contributed by atoms with van der Waals surface area (Å²) in [4.78, 5) is 6.59. The molecule has 0 saturated heterocycles. The zero-order valence-corrected chi connectivity index (χ0v) is 13.5. The van der Waals surface area contributed by atoms with E-state index < -0.39 is 0 Å². The Labute approximate surface area is 139 Å². The van der Waals surface area contributed by atoms with Gasteiger partial charge in [-0.25, -0.2) is 4.98 Å². The van der Waals surface area contributed by atoms with Crippen molar-refractivity contribution in [2.24, 2.45) is 11.0 Å². The Morgan fingerprint density at radius 1 is 1.33 bits per heavy atom. The second kappa shape index (κ2) is 5.30. The minimum atomic E-state index is 0.157. The molecule has 2 aliphatic heterocycles. The third-order valence-electron chi connectivity index (χ3n) is 5.27. The highest BCUT2D eigenvalue weighted by molar-refractivity contribution is 5.98. The fourth-order valence-electron chi connectivity index (χ4n) is 4.26. The maximum absolute atomic E-state index is 5.13. The molecule has 1 N–H and O–H groups in total. The van der Waals surface area contributed by atoms with Crippen LogP contribution in [-0.4, -0.2) is 43.8 Å². The molecule has 9 nitrogen and oxygen atoms in total. The van der Waals surface area contributed by atoms with Crippen LogP contribution in [-0.2, 0) is 11.3 Å². The number of hydrogen-bond acceptors (Lipinski definition) is 7. The van der Waals surface area contributed by atoms with Gasteiger partial charge in [0, 0.05) is 19.1 Å². The van der Waals surface area contributed by atoms with Crippen LogP contribution >= 0.6 is 0 Å². The van der Waals surface area contributed by atoms with E-state index in [4.69, 9.17) is 4.74 Å². The Hall–Kier alpha value is -2.42. The predicted molar refractivity (Wildman–Crippen MR) is 86.2 cm³/mol.